The second-order valence-corrected chi connectivity index (χ2v) is 4.90. The quantitative estimate of drug-likeness (QED) is 0.716. The van der Waals surface area contributed by atoms with Crippen LogP contribution in [0.15, 0.2) is 42.0 Å². The van der Waals surface area contributed by atoms with E-state index in [9.17, 15) is 4.79 Å². The van der Waals surface area contributed by atoms with Crippen molar-refractivity contribution >= 4 is 5.78 Å². The smallest absolute Gasteiger partial charge is 0.139 e. The fraction of sp³-hybridized carbons (Fsp3) is 0.438. The SMILES string of the molecule is CC(=CCc1ccccc1)C1CCCCC1=O. The van der Waals surface area contributed by atoms with E-state index < -0.39 is 0 Å². The number of benzene rings is 1. The van der Waals surface area contributed by atoms with E-state index in [-0.39, 0.29) is 5.92 Å². The summed E-state index contributed by atoms with van der Waals surface area (Å²) < 4.78 is 0. The molecule has 17 heavy (non-hydrogen) atoms. The van der Waals surface area contributed by atoms with Crippen molar-refractivity contribution in [3.8, 4) is 0 Å². The van der Waals surface area contributed by atoms with E-state index in [0.29, 0.717) is 5.78 Å². The van der Waals surface area contributed by atoms with Crippen LogP contribution in [0.5, 0.6) is 0 Å². The van der Waals surface area contributed by atoms with Crippen LogP contribution in [-0.4, -0.2) is 5.78 Å². The van der Waals surface area contributed by atoms with Crippen LogP contribution in [0.25, 0.3) is 0 Å². The third kappa shape index (κ3) is 3.29. The molecule has 0 saturated heterocycles. The third-order valence-electron chi connectivity index (χ3n) is 3.61. The minimum atomic E-state index is 0.201. The lowest BCUT2D eigenvalue weighted by atomic mass is 9.83. The van der Waals surface area contributed by atoms with Gasteiger partial charge < -0.3 is 0 Å². The van der Waals surface area contributed by atoms with Gasteiger partial charge in [0.1, 0.15) is 5.78 Å². The van der Waals surface area contributed by atoms with Gasteiger partial charge in [-0.25, -0.2) is 0 Å². The van der Waals surface area contributed by atoms with Crippen LogP contribution in [0.2, 0.25) is 0 Å². The fourth-order valence-corrected chi connectivity index (χ4v) is 2.50. The van der Waals surface area contributed by atoms with Crippen molar-refractivity contribution in [2.45, 2.75) is 39.0 Å². The maximum atomic E-state index is 11.8. The molecule has 1 heteroatoms. The highest BCUT2D eigenvalue weighted by Gasteiger charge is 2.22. The molecular weight excluding hydrogens is 208 g/mol. The number of hydrogen-bond acceptors (Lipinski definition) is 1. The molecule has 2 rings (SSSR count). The lowest BCUT2D eigenvalue weighted by Gasteiger charge is -2.21. The second-order valence-electron chi connectivity index (χ2n) is 4.90. The van der Waals surface area contributed by atoms with E-state index in [1.165, 1.54) is 17.6 Å². The highest BCUT2D eigenvalue weighted by Crippen LogP contribution is 2.26. The van der Waals surface area contributed by atoms with Gasteiger partial charge in [0.25, 0.3) is 0 Å². The van der Waals surface area contributed by atoms with Gasteiger partial charge in [-0.3, -0.25) is 4.79 Å². The molecule has 1 aliphatic carbocycles. The number of allylic oxidation sites excluding steroid dienone is 2. The maximum absolute atomic E-state index is 11.8. The largest absolute Gasteiger partial charge is 0.299 e. The van der Waals surface area contributed by atoms with Crippen LogP contribution in [0.1, 0.15) is 38.2 Å². The Morgan fingerprint density at radius 2 is 2.06 bits per heavy atom. The van der Waals surface area contributed by atoms with Gasteiger partial charge in [0.2, 0.25) is 0 Å². The number of carbonyl (C=O) groups excluding carboxylic acids is 1. The summed E-state index contributed by atoms with van der Waals surface area (Å²) in [4.78, 5) is 11.8. The van der Waals surface area contributed by atoms with Gasteiger partial charge in [0.15, 0.2) is 0 Å². The van der Waals surface area contributed by atoms with Crippen LogP contribution in [0.4, 0.5) is 0 Å². The fourth-order valence-electron chi connectivity index (χ4n) is 2.50. The summed E-state index contributed by atoms with van der Waals surface area (Å²) in [6.45, 7) is 2.11. The minimum Gasteiger partial charge on any atom is -0.299 e. The summed E-state index contributed by atoms with van der Waals surface area (Å²) in [6, 6.07) is 10.4. The van der Waals surface area contributed by atoms with E-state index in [1.807, 2.05) is 6.07 Å². The molecule has 0 N–H and O–H groups in total. The number of ketones is 1. The summed E-state index contributed by atoms with van der Waals surface area (Å²) >= 11 is 0. The number of Topliss-reactive ketones (excluding diaryl/α,β-unsaturated/α-hetero) is 1. The first kappa shape index (κ1) is 12.1. The summed E-state index contributed by atoms with van der Waals surface area (Å²) in [7, 11) is 0. The van der Waals surface area contributed by atoms with E-state index in [0.717, 1.165) is 25.7 Å². The first-order valence-electron chi connectivity index (χ1n) is 6.50. The van der Waals surface area contributed by atoms with Gasteiger partial charge in [0.05, 0.1) is 0 Å². The molecule has 1 unspecified atom stereocenters. The van der Waals surface area contributed by atoms with E-state index >= 15 is 0 Å². The highest BCUT2D eigenvalue weighted by molar-refractivity contribution is 5.84. The molecule has 0 heterocycles. The molecule has 1 fully saturated rings. The molecule has 1 saturated carbocycles. The van der Waals surface area contributed by atoms with Crippen molar-refractivity contribution < 1.29 is 4.79 Å². The van der Waals surface area contributed by atoms with Crippen molar-refractivity contribution in [1.82, 2.24) is 0 Å². The molecule has 0 aliphatic heterocycles. The van der Waals surface area contributed by atoms with Crippen molar-refractivity contribution in [2.24, 2.45) is 5.92 Å². The topological polar surface area (TPSA) is 17.1 Å². The predicted molar refractivity (Wildman–Crippen MR) is 70.9 cm³/mol. The molecule has 1 aromatic rings. The van der Waals surface area contributed by atoms with Crippen molar-refractivity contribution in [2.75, 3.05) is 0 Å². The molecule has 0 bridgehead atoms. The molecule has 0 amide bonds. The highest BCUT2D eigenvalue weighted by atomic mass is 16.1. The zero-order valence-electron chi connectivity index (χ0n) is 10.5. The van der Waals surface area contributed by atoms with Crippen LogP contribution in [0, 0.1) is 5.92 Å². The first-order chi connectivity index (χ1) is 8.27. The number of rotatable bonds is 3. The Morgan fingerprint density at radius 1 is 1.29 bits per heavy atom. The normalized spacial score (nSPS) is 21.6. The number of hydrogen-bond donors (Lipinski definition) is 0. The first-order valence-corrected chi connectivity index (χ1v) is 6.50. The molecule has 0 aromatic heterocycles. The van der Waals surface area contributed by atoms with E-state index in [4.69, 9.17) is 0 Å². The standard InChI is InChI=1S/C16H20O/c1-13(15-9-5-6-10-16(15)17)11-12-14-7-3-2-4-8-14/h2-4,7-8,11,15H,5-6,9-10,12H2,1H3. The minimum absolute atomic E-state index is 0.201. The Bertz CT molecular complexity index is 403. The Kier molecular flexibility index (Phi) is 4.13. The molecule has 0 spiro atoms. The lowest BCUT2D eigenvalue weighted by molar-refractivity contribution is -0.123. The van der Waals surface area contributed by atoms with Gasteiger partial charge in [-0.15, -0.1) is 0 Å². The van der Waals surface area contributed by atoms with Gasteiger partial charge in [-0.05, 0) is 31.7 Å². The Balaban J connectivity index is 1.99. The van der Waals surface area contributed by atoms with Crippen LogP contribution in [0.3, 0.4) is 0 Å². The molecule has 1 atom stereocenters. The number of carbonyl (C=O) groups is 1. The Hall–Kier alpha value is -1.37. The predicted octanol–water partition coefficient (Wildman–Crippen LogP) is 3.93. The second kappa shape index (κ2) is 5.81. The summed E-state index contributed by atoms with van der Waals surface area (Å²) in [6.07, 6.45) is 7.28. The maximum Gasteiger partial charge on any atom is 0.139 e. The summed E-state index contributed by atoms with van der Waals surface area (Å²) in [5.74, 6) is 0.644. The molecule has 0 radical (unpaired) electrons. The average Bonchev–Trinajstić information content (AvgIpc) is 2.38. The van der Waals surface area contributed by atoms with Crippen LogP contribution < -0.4 is 0 Å². The van der Waals surface area contributed by atoms with E-state index in [1.54, 1.807) is 0 Å². The lowest BCUT2D eigenvalue weighted by Crippen LogP contribution is -2.20. The molecule has 90 valence electrons. The zero-order valence-corrected chi connectivity index (χ0v) is 10.5. The van der Waals surface area contributed by atoms with Crippen LogP contribution in [-0.2, 0) is 11.2 Å². The monoisotopic (exact) mass is 228 g/mol. The van der Waals surface area contributed by atoms with E-state index in [2.05, 4.69) is 37.3 Å². The van der Waals surface area contributed by atoms with Gasteiger partial charge in [0, 0.05) is 12.3 Å². The molecule has 1 aliphatic rings. The van der Waals surface area contributed by atoms with Crippen molar-refractivity contribution in [1.29, 1.82) is 0 Å². The van der Waals surface area contributed by atoms with Gasteiger partial charge in [-0.2, -0.15) is 0 Å². The summed E-state index contributed by atoms with van der Waals surface area (Å²) in [5.41, 5.74) is 2.58. The summed E-state index contributed by atoms with van der Waals surface area (Å²) in [5, 5.41) is 0. The van der Waals surface area contributed by atoms with Gasteiger partial charge >= 0.3 is 0 Å². The van der Waals surface area contributed by atoms with Crippen LogP contribution >= 0.6 is 0 Å². The Labute approximate surface area is 104 Å². The van der Waals surface area contributed by atoms with Gasteiger partial charge in [-0.1, -0.05) is 48.4 Å². The molecular formula is C16H20O. The van der Waals surface area contributed by atoms with Crippen molar-refractivity contribution in [3.63, 3.8) is 0 Å². The average molecular weight is 228 g/mol. The third-order valence-corrected chi connectivity index (χ3v) is 3.61. The molecule has 1 nitrogen and oxygen atoms in total. The Morgan fingerprint density at radius 3 is 2.76 bits per heavy atom. The van der Waals surface area contributed by atoms with Crippen molar-refractivity contribution in [3.05, 3.63) is 47.5 Å². The molecule has 1 aromatic carbocycles. The zero-order chi connectivity index (χ0) is 12.1.